The van der Waals surface area contributed by atoms with Gasteiger partial charge in [-0.25, -0.2) is 0 Å². The molecule has 0 atom stereocenters. The van der Waals surface area contributed by atoms with Gasteiger partial charge in [0, 0.05) is 19.7 Å². The van der Waals surface area contributed by atoms with Crippen molar-refractivity contribution in [2.75, 3.05) is 18.5 Å². The first kappa shape index (κ1) is 9.96. The Morgan fingerprint density at radius 2 is 2.00 bits per heavy atom. The van der Waals surface area contributed by atoms with E-state index in [1.54, 1.807) is 0 Å². The summed E-state index contributed by atoms with van der Waals surface area (Å²) < 4.78 is 0. The van der Waals surface area contributed by atoms with E-state index in [9.17, 15) is 9.59 Å². The fraction of sp³-hybridized carbons (Fsp3) is 0.600. The molecule has 0 fully saturated rings. The predicted molar refractivity (Wildman–Crippen MR) is 54.1 cm³/mol. The molecule has 0 aliphatic rings. The summed E-state index contributed by atoms with van der Waals surface area (Å²) in [5, 5.41) is 0. The predicted octanol–water partition coefficient (Wildman–Crippen LogP) is 0.909. The van der Waals surface area contributed by atoms with Gasteiger partial charge in [0.05, 0.1) is 5.69 Å². The van der Waals surface area contributed by atoms with E-state index in [0.717, 1.165) is 13.0 Å². The number of hydrogen-bond acceptors (Lipinski definition) is 3. The number of unbranched alkanes of at least 4 members (excludes halogenated alkanes) is 2. The highest BCUT2D eigenvalue weighted by Crippen LogP contribution is 2.05. The molecule has 0 saturated carbocycles. The van der Waals surface area contributed by atoms with Crippen molar-refractivity contribution in [3.8, 4) is 0 Å². The van der Waals surface area contributed by atoms with E-state index in [0.29, 0.717) is 5.69 Å². The zero-order chi connectivity index (χ0) is 9.84. The Labute approximate surface area is 77.7 Å². The van der Waals surface area contributed by atoms with E-state index in [1.165, 1.54) is 18.9 Å². The molecule has 72 valence electrons. The zero-order valence-electron chi connectivity index (χ0n) is 8.17. The van der Waals surface area contributed by atoms with Crippen LogP contribution in [-0.4, -0.2) is 13.6 Å². The fourth-order valence-corrected chi connectivity index (χ4v) is 1.31. The van der Waals surface area contributed by atoms with Gasteiger partial charge in [0.25, 0.3) is 0 Å². The Bertz CT molecular complexity index is 336. The number of nitrogens with zero attached hydrogens (tertiary/aromatic N) is 1. The molecule has 0 N–H and O–H groups in total. The van der Waals surface area contributed by atoms with Crippen molar-refractivity contribution in [1.82, 2.24) is 0 Å². The highest BCUT2D eigenvalue weighted by Gasteiger charge is 2.12. The smallest absolute Gasteiger partial charge is 0.249 e. The minimum atomic E-state index is -0.364. The SMILES string of the molecule is CCCCCN(C)c1cc(=O)c1=O. The summed E-state index contributed by atoms with van der Waals surface area (Å²) in [6, 6.07) is 1.41. The van der Waals surface area contributed by atoms with Crippen LogP contribution in [0.1, 0.15) is 26.2 Å². The van der Waals surface area contributed by atoms with Gasteiger partial charge < -0.3 is 4.90 Å². The Morgan fingerprint density at radius 1 is 1.31 bits per heavy atom. The molecule has 3 heteroatoms. The van der Waals surface area contributed by atoms with Crippen LogP contribution in [0.4, 0.5) is 5.69 Å². The zero-order valence-corrected chi connectivity index (χ0v) is 8.17. The highest BCUT2D eigenvalue weighted by atomic mass is 16.2. The average Bonchev–Trinajstić information content (AvgIpc) is 2.13. The lowest BCUT2D eigenvalue weighted by Crippen LogP contribution is -2.37. The molecule has 1 aromatic carbocycles. The quantitative estimate of drug-likeness (QED) is 0.500. The number of rotatable bonds is 5. The van der Waals surface area contributed by atoms with Crippen LogP contribution in [0.2, 0.25) is 0 Å². The first-order valence-corrected chi connectivity index (χ1v) is 4.68. The monoisotopic (exact) mass is 181 g/mol. The third kappa shape index (κ3) is 2.17. The minimum absolute atomic E-state index is 0.334. The summed E-state index contributed by atoms with van der Waals surface area (Å²) in [5.41, 5.74) is -0.127. The fourth-order valence-electron chi connectivity index (χ4n) is 1.31. The Kier molecular flexibility index (Phi) is 3.23. The molecule has 3 nitrogen and oxygen atoms in total. The molecular formula is C10H15NO2. The van der Waals surface area contributed by atoms with Crippen molar-refractivity contribution < 1.29 is 0 Å². The second kappa shape index (κ2) is 4.21. The van der Waals surface area contributed by atoms with Crippen LogP contribution in [0.5, 0.6) is 0 Å². The lowest BCUT2D eigenvalue weighted by Gasteiger charge is -2.18. The maximum atomic E-state index is 11.0. The molecule has 1 aromatic rings. The molecule has 0 heterocycles. The summed E-state index contributed by atoms with van der Waals surface area (Å²) >= 11 is 0. The summed E-state index contributed by atoms with van der Waals surface area (Å²) in [6.45, 7) is 3.00. The second-order valence-electron chi connectivity index (χ2n) is 3.35. The maximum absolute atomic E-state index is 11.0. The molecule has 0 radical (unpaired) electrons. The van der Waals surface area contributed by atoms with Crippen molar-refractivity contribution in [3.63, 3.8) is 0 Å². The molecule has 0 spiro atoms. The minimum Gasteiger partial charge on any atom is -0.371 e. The van der Waals surface area contributed by atoms with E-state index < -0.39 is 0 Å². The molecule has 0 aromatic heterocycles. The van der Waals surface area contributed by atoms with Crippen LogP contribution in [0, 0.1) is 0 Å². The number of anilines is 1. The molecule has 13 heavy (non-hydrogen) atoms. The summed E-state index contributed by atoms with van der Waals surface area (Å²) in [6.07, 6.45) is 3.41. The van der Waals surface area contributed by atoms with Crippen LogP contribution in [-0.2, 0) is 0 Å². The maximum Gasteiger partial charge on any atom is 0.249 e. The van der Waals surface area contributed by atoms with Gasteiger partial charge in [0.2, 0.25) is 10.9 Å². The van der Waals surface area contributed by atoms with Crippen LogP contribution in [0.25, 0.3) is 0 Å². The van der Waals surface area contributed by atoms with Gasteiger partial charge in [-0.2, -0.15) is 0 Å². The summed E-state index contributed by atoms with van der Waals surface area (Å²) in [5.74, 6) is 0. The van der Waals surface area contributed by atoms with Crippen molar-refractivity contribution in [1.29, 1.82) is 0 Å². The van der Waals surface area contributed by atoms with Gasteiger partial charge in [-0.3, -0.25) is 9.59 Å². The number of hydrogen-bond donors (Lipinski definition) is 0. The molecule has 0 aliphatic heterocycles. The highest BCUT2D eigenvalue weighted by molar-refractivity contribution is 5.49. The van der Waals surface area contributed by atoms with Gasteiger partial charge >= 0.3 is 0 Å². The summed E-state index contributed by atoms with van der Waals surface area (Å²) in [7, 11) is 1.85. The van der Waals surface area contributed by atoms with Crippen LogP contribution >= 0.6 is 0 Å². The molecule has 1 rings (SSSR count). The molecular weight excluding hydrogens is 166 g/mol. The average molecular weight is 181 g/mol. The lowest BCUT2D eigenvalue weighted by molar-refractivity contribution is 0.703. The standard InChI is InChI=1S/C10H15NO2/c1-3-4-5-6-11(2)8-7-9(12)10(8)13/h7H,3-6H2,1-2H3. The van der Waals surface area contributed by atoms with Gasteiger partial charge in [0.15, 0.2) is 0 Å². The third-order valence-electron chi connectivity index (χ3n) is 2.23. The van der Waals surface area contributed by atoms with E-state index >= 15 is 0 Å². The van der Waals surface area contributed by atoms with E-state index in [4.69, 9.17) is 0 Å². The van der Waals surface area contributed by atoms with Gasteiger partial charge in [-0.15, -0.1) is 0 Å². The molecule has 0 amide bonds. The largest absolute Gasteiger partial charge is 0.371 e. The van der Waals surface area contributed by atoms with E-state index in [-0.39, 0.29) is 10.9 Å². The van der Waals surface area contributed by atoms with Crippen molar-refractivity contribution in [3.05, 3.63) is 26.5 Å². The van der Waals surface area contributed by atoms with Gasteiger partial charge in [-0.1, -0.05) is 19.8 Å². The summed E-state index contributed by atoms with van der Waals surface area (Å²) in [4.78, 5) is 23.5. The Morgan fingerprint density at radius 3 is 2.46 bits per heavy atom. The van der Waals surface area contributed by atoms with E-state index in [1.807, 2.05) is 11.9 Å². The molecule has 0 aliphatic carbocycles. The first-order valence-electron chi connectivity index (χ1n) is 4.68. The van der Waals surface area contributed by atoms with Crippen molar-refractivity contribution in [2.24, 2.45) is 0 Å². The lowest BCUT2D eigenvalue weighted by atomic mass is 10.2. The normalized spacial score (nSPS) is 10.6. The Balaban J connectivity index is 2.42. The van der Waals surface area contributed by atoms with E-state index in [2.05, 4.69) is 6.92 Å². The van der Waals surface area contributed by atoms with Crippen molar-refractivity contribution in [2.45, 2.75) is 26.2 Å². The molecule has 0 bridgehead atoms. The second-order valence-corrected chi connectivity index (χ2v) is 3.35. The Hall–Kier alpha value is -1.12. The van der Waals surface area contributed by atoms with Crippen LogP contribution in [0.15, 0.2) is 15.7 Å². The van der Waals surface area contributed by atoms with Gasteiger partial charge in [-0.05, 0) is 6.42 Å². The molecule has 0 saturated heterocycles. The van der Waals surface area contributed by atoms with Gasteiger partial charge in [0.1, 0.15) is 0 Å². The topological polar surface area (TPSA) is 37.4 Å². The van der Waals surface area contributed by atoms with Crippen LogP contribution < -0.4 is 15.8 Å². The van der Waals surface area contributed by atoms with Crippen molar-refractivity contribution >= 4 is 5.69 Å². The third-order valence-corrected chi connectivity index (χ3v) is 2.23. The van der Waals surface area contributed by atoms with Crippen LogP contribution in [0.3, 0.4) is 0 Å². The first-order chi connectivity index (χ1) is 6.16. The molecule has 0 unspecified atom stereocenters.